The number of aromatic nitrogens is 5. The standard InChI is InChI=1S/C23H30N8O/c1-16(2)22-27-17(3)13-21(28-22)29-9-11-30(12-10-29)23(32)26-15-19-5-6-25-20(14-19)31-8-7-24-18(31)4/h5-8,13-14,16H,9-12,15H2,1-4H3,(H,26,32). The van der Waals surface area contributed by atoms with Crippen molar-refractivity contribution in [1.82, 2.24) is 34.7 Å². The number of amides is 2. The van der Waals surface area contributed by atoms with E-state index in [2.05, 4.69) is 39.0 Å². The summed E-state index contributed by atoms with van der Waals surface area (Å²) in [4.78, 5) is 34.7. The summed E-state index contributed by atoms with van der Waals surface area (Å²) in [5.41, 5.74) is 1.97. The Morgan fingerprint density at radius 2 is 1.81 bits per heavy atom. The second-order valence-corrected chi connectivity index (χ2v) is 8.38. The van der Waals surface area contributed by atoms with Crippen LogP contribution in [0.3, 0.4) is 0 Å². The smallest absolute Gasteiger partial charge is 0.317 e. The van der Waals surface area contributed by atoms with E-state index >= 15 is 0 Å². The summed E-state index contributed by atoms with van der Waals surface area (Å²) in [6.07, 6.45) is 5.38. The molecule has 1 N–H and O–H groups in total. The first-order valence-corrected chi connectivity index (χ1v) is 11.0. The number of rotatable bonds is 5. The number of imidazole rings is 1. The van der Waals surface area contributed by atoms with Crippen molar-refractivity contribution in [2.75, 3.05) is 31.1 Å². The third kappa shape index (κ3) is 4.87. The largest absolute Gasteiger partial charge is 0.353 e. The Labute approximate surface area is 188 Å². The molecule has 3 aromatic heterocycles. The highest BCUT2D eigenvalue weighted by atomic mass is 16.2. The Morgan fingerprint density at radius 3 is 2.50 bits per heavy atom. The minimum Gasteiger partial charge on any atom is -0.353 e. The quantitative estimate of drug-likeness (QED) is 0.664. The first-order valence-electron chi connectivity index (χ1n) is 11.0. The number of urea groups is 1. The molecule has 1 aliphatic rings. The molecule has 32 heavy (non-hydrogen) atoms. The van der Waals surface area contributed by atoms with Gasteiger partial charge in [0, 0.05) is 69.0 Å². The number of piperazine rings is 1. The van der Waals surface area contributed by atoms with Crippen LogP contribution in [0.25, 0.3) is 5.82 Å². The molecule has 4 heterocycles. The number of pyridine rings is 1. The average molecular weight is 435 g/mol. The van der Waals surface area contributed by atoms with E-state index in [0.29, 0.717) is 19.6 Å². The number of hydrogen-bond acceptors (Lipinski definition) is 6. The van der Waals surface area contributed by atoms with E-state index < -0.39 is 0 Å². The summed E-state index contributed by atoms with van der Waals surface area (Å²) >= 11 is 0. The van der Waals surface area contributed by atoms with Gasteiger partial charge in [-0.15, -0.1) is 0 Å². The lowest BCUT2D eigenvalue weighted by atomic mass is 10.2. The highest BCUT2D eigenvalue weighted by molar-refractivity contribution is 5.74. The van der Waals surface area contributed by atoms with Crippen molar-refractivity contribution in [3.8, 4) is 5.82 Å². The van der Waals surface area contributed by atoms with E-state index in [1.807, 2.05) is 47.7 Å². The Hall–Kier alpha value is -3.49. The highest BCUT2D eigenvalue weighted by Crippen LogP contribution is 2.19. The normalized spacial score (nSPS) is 14.2. The first kappa shape index (κ1) is 21.7. The van der Waals surface area contributed by atoms with E-state index in [-0.39, 0.29) is 11.9 Å². The topological polar surface area (TPSA) is 92.1 Å². The number of hydrogen-bond donors (Lipinski definition) is 1. The van der Waals surface area contributed by atoms with E-state index in [4.69, 9.17) is 4.98 Å². The molecule has 0 bridgehead atoms. The van der Waals surface area contributed by atoms with E-state index in [1.165, 1.54) is 0 Å². The van der Waals surface area contributed by atoms with Crippen molar-refractivity contribution in [2.24, 2.45) is 0 Å². The molecule has 0 radical (unpaired) electrons. The van der Waals surface area contributed by atoms with Crippen molar-refractivity contribution in [2.45, 2.75) is 40.2 Å². The van der Waals surface area contributed by atoms with Gasteiger partial charge < -0.3 is 15.1 Å². The fraction of sp³-hybridized carbons (Fsp3) is 0.435. The third-order valence-electron chi connectivity index (χ3n) is 5.59. The zero-order valence-corrected chi connectivity index (χ0v) is 19.1. The van der Waals surface area contributed by atoms with Gasteiger partial charge in [-0.3, -0.25) is 4.57 Å². The Balaban J connectivity index is 1.32. The predicted octanol–water partition coefficient (Wildman–Crippen LogP) is 2.83. The molecule has 9 heteroatoms. The molecule has 0 aliphatic carbocycles. The lowest BCUT2D eigenvalue weighted by molar-refractivity contribution is 0.194. The van der Waals surface area contributed by atoms with Crippen LogP contribution in [-0.4, -0.2) is 61.6 Å². The van der Waals surface area contributed by atoms with E-state index in [0.717, 1.165) is 47.6 Å². The van der Waals surface area contributed by atoms with Gasteiger partial charge in [-0.2, -0.15) is 0 Å². The van der Waals surface area contributed by atoms with Crippen LogP contribution in [0.4, 0.5) is 10.6 Å². The molecule has 2 amide bonds. The van der Waals surface area contributed by atoms with Crippen LogP contribution < -0.4 is 10.2 Å². The van der Waals surface area contributed by atoms with Gasteiger partial charge in [-0.25, -0.2) is 24.7 Å². The van der Waals surface area contributed by atoms with Gasteiger partial charge in [0.05, 0.1) is 0 Å². The maximum Gasteiger partial charge on any atom is 0.317 e. The minimum atomic E-state index is -0.0523. The van der Waals surface area contributed by atoms with Crippen molar-refractivity contribution < 1.29 is 4.79 Å². The molecule has 0 spiro atoms. The van der Waals surface area contributed by atoms with Gasteiger partial charge in [0.25, 0.3) is 0 Å². The SMILES string of the molecule is Cc1cc(N2CCN(C(=O)NCc3ccnc(-n4ccnc4C)c3)CC2)nc(C(C)C)n1. The van der Waals surface area contributed by atoms with Gasteiger partial charge in [0.15, 0.2) is 0 Å². The molecule has 9 nitrogen and oxygen atoms in total. The second kappa shape index (κ2) is 9.33. The summed E-state index contributed by atoms with van der Waals surface area (Å²) < 4.78 is 1.92. The van der Waals surface area contributed by atoms with Crippen molar-refractivity contribution in [3.05, 3.63) is 59.7 Å². The Kier molecular flexibility index (Phi) is 6.34. The highest BCUT2D eigenvalue weighted by Gasteiger charge is 2.22. The van der Waals surface area contributed by atoms with Crippen LogP contribution in [0.5, 0.6) is 0 Å². The molecule has 0 aromatic carbocycles. The molecule has 1 fully saturated rings. The van der Waals surface area contributed by atoms with Crippen LogP contribution in [0.15, 0.2) is 36.8 Å². The number of nitrogens with one attached hydrogen (secondary N) is 1. The lowest BCUT2D eigenvalue weighted by Gasteiger charge is -2.35. The Morgan fingerprint density at radius 1 is 1.03 bits per heavy atom. The van der Waals surface area contributed by atoms with Crippen molar-refractivity contribution >= 4 is 11.8 Å². The van der Waals surface area contributed by atoms with Crippen LogP contribution in [0.2, 0.25) is 0 Å². The predicted molar refractivity (Wildman–Crippen MR) is 123 cm³/mol. The molecule has 1 aliphatic heterocycles. The van der Waals surface area contributed by atoms with Gasteiger partial charge in [0.1, 0.15) is 23.3 Å². The maximum absolute atomic E-state index is 12.7. The molecule has 0 unspecified atom stereocenters. The summed E-state index contributed by atoms with van der Waals surface area (Å²) in [6, 6.07) is 5.85. The monoisotopic (exact) mass is 434 g/mol. The van der Waals surface area contributed by atoms with Crippen molar-refractivity contribution in [1.29, 1.82) is 0 Å². The number of anilines is 1. The zero-order valence-electron chi connectivity index (χ0n) is 19.1. The van der Waals surface area contributed by atoms with Crippen LogP contribution in [-0.2, 0) is 6.54 Å². The fourth-order valence-electron chi connectivity index (χ4n) is 3.75. The van der Waals surface area contributed by atoms with Crippen molar-refractivity contribution in [3.63, 3.8) is 0 Å². The van der Waals surface area contributed by atoms with Gasteiger partial charge in [-0.05, 0) is 31.5 Å². The lowest BCUT2D eigenvalue weighted by Crippen LogP contribution is -2.52. The number of carbonyl (C=O) groups excluding carboxylic acids is 1. The number of carbonyl (C=O) groups is 1. The second-order valence-electron chi connectivity index (χ2n) is 8.38. The molecule has 4 rings (SSSR count). The maximum atomic E-state index is 12.7. The summed E-state index contributed by atoms with van der Waals surface area (Å²) in [5.74, 6) is 3.76. The van der Waals surface area contributed by atoms with E-state index in [1.54, 1.807) is 12.4 Å². The molecule has 1 saturated heterocycles. The molecular formula is C23H30N8O. The Bertz CT molecular complexity index is 1090. The van der Waals surface area contributed by atoms with Gasteiger partial charge >= 0.3 is 6.03 Å². The average Bonchev–Trinajstić information content (AvgIpc) is 3.23. The van der Waals surface area contributed by atoms with Crippen LogP contribution >= 0.6 is 0 Å². The van der Waals surface area contributed by atoms with Gasteiger partial charge in [0.2, 0.25) is 0 Å². The molecule has 168 valence electrons. The number of aryl methyl sites for hydroxylation is 2. The molecule has 0 atom stereocenters. The van der Waals surface area contributed by atoms with Gasteiger partial charge in [-0.1, -0.05) is 13.8 Å². The van der Waals surface area contributed by atoms with Crippen LogP contribution in [0.1, 0.15) is 42.7 Å². The number of nitrogens with zero attached hydrogens (tertiary/aromatic N) is 7. The molecule has 0 saturated carbocycles. The third-order valence-corrected chi connectivity index (χ3v) is 5.59. The summed E-state index contributed by atoms with van der Waals surface area (Å²) in [7, 11) is 0. The van der Waals surface area contributed by atoms with Crippen LogP contribution in [0, 0.1) is 13.8 Å². The molecule has 3 aromatic rings. The van der Waals surface area contributed by atoms with E-state index in [9.17, 15) is 4.79 Å². The first-order chi connectivity index (χ1) is 15.4. The fourth-order valence-corrected chi connectivity index (χ4v) is 3.75. The zero-order chi connectivity index (χ0) is 22.7. The summed E-state index contributed by atoms with van der Waals surface area (Å²) in [5, 5.41) is 3.03. The summed E-state index contributed by atoms with van der Waals surface area (Å²) in [6.45, 7) is 11.4. The molecular weight excluding hydrogens is 404 g/mol. The minimum absolute atomic E-state index is 0.0523.